The monoisotopic (exact) mass is 439 g/mol. The number of phenols is 1. The van der Waals surface area contributed by atoms with Gasteiger partial charge in [-0.15, -0.1) is 23.4 Å². The van der Waals surface area contributed by atoms with Gasteiger partial charge in [-0.3, -0.25) is 4.79 Å². The Bertz CT molecular complexity index is 1440. The van der Waals surface area contributed by atoms with Crippen LogP contribution in [0.4, 0.5) is 18.9 Å². The van der Waals surface area contributed by atoms with Crippen molar-refractivity contribution < 1.29 is 27.8 Å². The number of amides is 1. The Kier molecular flexibility index (Phi) is 4.16. The molecule has 0 aliphatic carbocycles. The molecule has 0 radical (unpaired) electrons. The van der Waals surface area contributed by atoms with E-state index in [4.69, 9.17) is 5.73 Å². The molecule has 0 spiro atoms. The number of carbonyl (C=O) groups is 1. The van der Waals surface area contributed by atoms with E-state index in [9.17, 15) is 23.1 Å². The van der Waals surface area contributed by atoms with E-state index in [1.54, 1.807) is 30.5 Å². The van der Waals surface area contributed by atoms with Crippen LogP contribution in [-0.2, 0) is 0 Å². The number of aromatic nitrogens is 3. The quantitative estimate of drug-likeness (QED) is 0.394. The van der Waals surface area contributed by atoms with Gasteiger partial charge in [0.15, 0.2) is 22.8 Å². The second kappa shape index (κ2) is 6.80. The lowest BCUT2D eigenvalue weighted by atomic mass is 9.96. The Balaban J connectivity index is 1.82. The standard InChI is InChI=1S/C21H12F3N5O3/c22-21(23,24)32-14-7-9(5-6-13(14)30)17-11-8-26-20-16(11)15(18(19(25)31)28-29-20)10-3-1-2-4-12(10)27-17/h1-8,30H,(H2,25,31)(H,26,29). The van der Waals surface area contributed by atoms with Crippen LogP contribution in [0, 0.1) is 0 Å². The number of para-hydroxylation sites is 1. The topological polar surface area (TPSA) is 126 Å². The highest BCUT2D eigenvalue weighted by Gasteiger charge is 2.33. The third-order valence-corrected chi connectivity index (χ3v) is 4.95. The number of primary amides is 1. The van der Waals surface area contributed by atoms with Crippen LogP contribution in [0.5, 0.6) is 11.5 Å². The summed E-state index contributed by atoms with van der Waals surface area (Å²) in [6.45, 7) is 0. The van der Waals surface area contributed by atoms with Crippen molar-refractivity contribution in [3.63, 3.8) is 0 Å². The van der Waals surface area contributed by atoms with Gasteiger partial charge in [0.1, 0.15) is 0 Å². The summed E-state index contributed by atoms with van der Waals surface area (Å²) in [6, 6.07) is 10.4. The number of aromatic hydroxyl groups is 1. The smallest absolute Gasteiger partial charge is 0.504 e. The predicted molar refractivity (Wildman–Crippen MR) is 108 cm³/mol. The van der Waals surface area contributed by atoms with E-state index in [1.165, 1.54) is 6.07 Å². The molecule has 2 aromatic carbocycles. The van der Waals surface area contributed by atoms with E-state index < -0.39 is 23.8 Å². The Morgan fingerprint density at radius 3 is 2.62 bits per heavy atom. The van der Waals surface area contributed by atoms with Crippen LogP contribution in [0.3, 0.4) is 0 Å². The highest BCUT2D eigenvalue weighted by atomic mass is 19.4. The highest BCUT2D eigenvalue weighted by Crippen LogP contribution is 2.42. The van der Waals surface area contributed by atoms with Gasteiger partial charge in [-0.2, -0.15) is 0 Å². The number of nitrogens with two attached hydrogens (primary N) is 1. The molecule has 5 rings (SSSR count). The van der Waals surface area contributed by atoms with E-state index in [0.29, 0.717) is 33.4 Å². The van der Waals surface area contributed by atoms with Crippen molar-refractivity contribution in [2.45, 2.75) is 6.36 Å². The SMILES string of the molecule is NC(=O)c1nnc2[nH]cc3c2c1-c1ccccc1N=C3c1ccc(O)c(OC(F)(F)F)c1. The van der Waals surface area contributed by atoms with E-state index in [0.717, 1.165) is 12.1 Å². The Morgan fingerprint density at radius 2 is 1.88 bits per heavy atom. The first-order valence-electron chi connectivity index (χ1n) is 9.18. The summed E-state index contributed by atoms with van der Waals surface area (Å²) in [7, 11) is 0. The first-order valence-corrected chi connectivity index (χ1v) is 9.18. The number of aromatic amines is 1. The number of hydrogen-bond acceptors (Lipinski definition) is 6. The number of phenolic OH excluding ortho intramolecular Hbond substituents is 1. The molecule has 0 fully saturated rings. The van der Waals surface area contributed by atoms with Crippen LogP contribution in [0.25, 0.3) is 22.2 Å². The summed E-state index contributed by atoms with van der Waals surface area (Å²) in [5.41, 5.74) is 8.21. The maximum Gasteiger partial charge on any atom is 0.573 e. The molecule has 11 heteroatoms. The van der Waals surface area contributed by atoms with Crippen molar-refractivity contribution in [2.75, 3.05) is 0 Å². The summed E-state index contributed by atoms with van der Waals surface area (Å²) in [5.74, 6) is -2.24. The first kappa shape index (κ1) is 19.5. The van der Waals surface area contributed by atoms with E-state index >= 15 is 0 Å². The van der Waals surface area contributed by atoms with Crippen molar-refractivity contribution in [1.29, 1.82) is 0 Å². The lowest BCUT2D eigenvalue weighted by Gasteiger charge is -2.12. The normalized spacial score (nSPS) is 12.8. The lowest BCUT2D eigenvalue weighted by molar-refractivity contribution is -0.275. The van der Waals surface area contributed by atoms with Crippen molar-refractivity contribution in [3.05, 3.63) is 65.5 Å². The van der Waals surface area contributed by atoms with Crippen LogP contribution in [0.15, 0.2) is 53.7 Å². The number of ether oxygens (including phenoxy) is 1. The average molecular weight is 439 g/mol. The van der Waals surface area contributed by atoms with Crippen molar-refractivity contribution >= 4 is 28.3 Å². The minimum absolute atomic E-state index is 0.0611. The molecular formula is C21H12F3N5O3. The summed E-state index contributed by atoms with van der Waals surface area (Å²) in [6.07, 6.45) is -3.43. The number of alkyl halides is 3. The molecule has 1 aliphatic rings. The number of benzene rings is 2. The van der Waals surface area contributed by atoms with Gasteiger partial charge < -0.3 is 20.6 Å². The zero-order chi connectivity index (χ0) is 22.6. The molecule has 1 amide bonds. The zero-order valence-electron chi connectivity index (χ0n) is 15.9. The number of H-pyrrole nitrogens is 1. The van der Waals surface area contributed by atoms with Gasteiger partial charge in [-0.05, 0) is 24.3 Å². The number of nitrogens with one attached hydrogen (secondary N) is 1. The summed E-state index contributed by atoms with van der Waals surface area (Å²) >= 11 is 0. The molecule has 1 aliphatic heterocycles. The first-order chi connectivity index (χ1) is 15.2. The molecule has 4 N–H and O–H groups in total. The largest absolute Gasteiger partial charge is 0.573 e. The Labute approximate surface area is 177 Å². The second-order valence-electron chi connectivity index (χ2n) is 6.92. The van der Waals surface area contributed by atoms with E-state index in [-0.39, 0.29) is 17.0 Å². The molecule has 0 bridgehead atoms. The number of aliphatic imine (C=N–C) groups is 1. The molecule has 4 aromatic rings. The van der Waals surface area contributed by atoms with E-state index in [2.05, 4.69) is 24.9 Å². The Hall–Kier alpha value is -4.41. The predicted octanol–water partition coefficient (Wildman–Crippen LogP) is 3.81. The van der Waals surface area contributed by atoms with Gasteiger partial charge >= 0.3 is 6.36 Å². The molecule has 160 valence electrons. The number of hydrogen-bond donors (Lipinski definition) is 3. The second-order valence-corrected chi connectivity index (χ2v) is 6.92. The number of carbonyl (C=O) groups excluding carboxylic acids is 1. The highest BCUT2D eigenvalue weighted by molar-refractivity contribution is 6.25. The third kappa shape index (κ3) is 3.11. The fraction of sp³-hybridized carbons (Fsp3) is 0.0476. The van der Waals surface area contributed by atoms with Crippen molar-refractivity contribution in [3.8, 4) is 22.6 Å². The van der Waals surface area contributed by atoms with Gasteiger partial charge in [-0.1, -0.05) is 18.2 Å². The minimum atomic E-state index is -4.99. The van der Waals surface area contributed by atoms with E-state index in [1.807, 2.05) is 0 Å². The molecule has 0 saturated carbocycles. The van der Waals surface area contributed by atoms with Crippen molar-refractivity contribution in [1.82, 2.24) is 15.2 Å². The van der Waals surface area contributed by atoms with Crippen LogP contribution in [0.2, 0.25) is 0 Å². The fourth-order valence-electron chi connectivity index (χ4n) is 3.69. The summed E-state index contributed by atoms with van der Waals surface area (Å²) in [5, 5.41) is 18.3. The van der Waals surface area contributed by atoms with Crippen LogP contribution in [-0.4, -0.2) is 38.3 Å². The van der Waals surface area contributed by atoms with Crippen LogP contribution >= 0.6 is 0 Å². The molecule has 3 heterocycles. The number of halogens is 3. The van der Waals surface area contributed by atoms with Crippen LogP contribution < -0.4 is 10.5 Å². The maximum atomic E-state index is 12.8. The van der Waals surface area contributed by atoms with Gasteiger partial charge in [0, 0.05) is 33.8 Å². The van der Waals surface area contributed by atoms with Crippen molar-refractivity contribution in [2.24, 2.45) is 10.7 Å². The van der Waals surface area contributed by atoms with Gasteiger partial charge in [0.05, 0.1) is 11.4 Å². The number of nitrogens with zero attached hydrogens (tertiary/aromatic N) is 3. The molecule has 0 unspecified atom stereocenters. The number of fused-ring (bicyclic) bond motifs is 2. The third-order valence-electron chi connectivity index (χ3n) is 4.95. The molecule has 32 heavy (non-hydrogen) atoms. The maximum absolute atomic E-state index is 12.8. The fourth-order valence-corrected chi connectivity index (χ4v) is 3.69. The van der Waals surface area contributed by atoms with Gasteiger partial charge in [0.25, 0.3) is 5.91 Å². The molecule has 8 nitrogen and oxygen atoms in total. The number of rotatable bonds is 3. The van der Waals surface area contributed by atoms with Gasteiger partial charge in [0.2, 0.25) is 0 Å². The molecule has 0 saturated heterocycles. The molecule has 2 aromatic heterocycles. The van der Waals surface area contributed by atoms with Gasteiger partial charge in [-0.25, -0.2) is 4.99 Å². The average Bonchev–Trinajstić information content (AvgIpc) is 3.09. The van der Waals surface area contributed by atoms with Crippen LogP contribution in [0.1, 0.15) is 21.6 Å². The zero-order valence-corrected chi connectivity index (χ0v) is 15.9. The molecule has 0 atom stereocenters. The summed E-state index contributed by atoms with van der Waals surface area (Å²) in [4.78, 5) is 19.7. The lowest BCUT2D eigenvalue weighted by Crippen LogP contribution is -2.17. The Morgan fingerprint density at radius 1 is 1.09 bits per heavy atom. The summed E-state index contributed by atoms with van der Waals surface area (Å²) < 4.78 is 42.3. The molecular weight excluding hydrogens is 427 g/mol. The minimum Gasteiger partial charge on any atom is -0.504 e.